The summed E-state index contributed by atoms with van der Waals surface area (Å²) in [6.07, 6.45) is -0.0718. The Morgan fingerprint density at radius 2 is 1.89 bits per heavy atom. The second kappa shape index (κ2) is 11.1. The van der Waals surface area contributed by atoms with Gasteiger partial charge in [-0.15, -0.1) is 0 Å². The summed E-state index contributed by atoms with van der Waals surface area (Å²) in [5.74, 6) is -0.00605. The van der Waals surface area contributed by atoms with Crippen LogP contribution >= 0.6 is 11.3 Å². The van der Waals surface area contributed by atoms with E-state index in [1.165, 1.54) is 21.7 Å². The minimum absolute atomic E-state index is 0.00605. The third-order valence-electron chi connectivity index (χ3n) is 5.93. The Morgan fingerprint density at radius 1 is 1.17 bits per heavy atom. The van der Waals surface area contributed by atoms with Gasteiger partial charge < -0.3 is 20.8 Å². The highest BCUT2D eigenvalue weighted by Gasteiger charge is 2.32. The number of aliphatic hydroxyl groups excluding tert-OH is 1. The predicted molar refractivity (Wildman–Crippen MR) is 141 cm³/mol. The van der Waals surface area contributed by atoms with Gasteiger partial charge >= 0.3 is 6.09 Å². The number of benzene rings is 2. The van der Waals surface area contributed by atoms with Crippen LogP contribution in [-0.4, -0.2) is 65.3 Å². The van der Waals surface area contributed by atoms with E-state index in [2.05, 4.69) is 15.6 Å². The van der Waals surface area contributed by atoms with E-state index in [0.29, 0.717) is 6.04 Å². The third kappa shape index (κ3) is 6.73. The number of nitrogens with zero attached hydrogens (tertiary/aromatic N) is 2. The molecule has 0 saturated heterocycles. The molecule has 1 heterocycles. The molecule has 1 amide bonds. The van der Waals surface area contributed by atoms with Gasteiger partial charge in [-0.25, -0.2) is 18.2 Å². The van der Waals surface area contributed by atoms with Crippen LogP contribution in [0.1, 0.15) is 32.3 Å². The molecule has 11 heteroatoms. The van der Waals surface area contributed by atoms with E-state index in [1.54, 1.807) is 12.1 Å². The average Bonchev–Trinajstić information content (AvgIpc) is 3.53. The molecule has 1 aromatic heterocycles. The van der Waals surface area contributed by atoms with Crippen molar-refractivity contribution in [3.63, 3.8) is 0 Å². The van der Waals surface area contributed by atoms with Crippen LogP contribution in [0.4, 0.5) is 9.93 Å². The van der Waals surface area contributed by atoms with E-state index in [-0.39, 0.29) is 30.3 Å². The molecule has 9 nitrogen and oxygen atoms in total. The monoisotopic (exact) mass is 532 g/mol. The average molecular weight is 533 g/mol. The number of rotatable bonds is 12. The van der Waals surface area contributed by atoms with Crippen molar-refractivity contribution in [3.05, 3.63) is 54.1 Å². The first-order valence-corrected chi connectivity index (χ1v) is 14.3. The number of anilines is 1. The van der Waals surface area contributed by atoms with Crippen LogP contribution in [-0.2, 0) is 16.4 Å². The largest absolute Gasteiger partial charge is 0.465 e. The molecule has 2 atom stereocenters. The van der Waals surface area contributed by atoms with Gasteiger partial charge in [0.1, 0.15) is 0 Å². The van der Waals surface area contributed by atoms with Crippen LogP contribution in [0.2, 0.25) is 0 Å². The molecule has 4 N–H and O–H groups in total. The van der Waals surface area contributed by atoms with Crippen molar-refractivity contribution in [2.45, 2.75) is 56.2 Å². The van der Waals surface area contributed by atoms with Crippen molar-refractivity contribution in [1.82, 2.24) is 14.6 Å². The molecule has 1 aliphatic rings. The maximum atomic E-state index is 13.7. The summed E-state index contributed by atoms with van der Waals surface area (Å²) in [5.41, 5.74) is 1.56. The summed E-state index contributed by atoms with van der Waals surface area (Å²) in [6.45, 7) is 3.73. The first-order valence-electron chi connectivity index (χ1n) is 12.0. The molecule has 36 heavy (non-hydrogen) atoms. The lowest BCUT2D eigenvalue weighted by Crippen LogP contribution is -2.50. The van der Waals surface area contributed by atoms with Crippen molar-refractivity contribution in [1.29, 1.82) is 0 Å². The Labute approximate surface area is 215 Å². The molecule has 194 valence electrons. The van der Waals surface area contributed by atoms with Crippen LogP contribution in [0.5, 0.6) is 0 Å². The number of hydrogen-bond acceptors (Lipinski definition) is 7. The van der Waals surface area contributed by atoms with Gasteiger partial charge in [0.2, 0.25) is 10.0 Å². The smallest absolute Gasteiger partial charge is 0.404 e. The number of carbonyl (C=O) groups is 1. The lowest BCUT2D eigenvalue weighted by atomic mass is 10.0. The molecule has 1 aliphatic carbocycles. The van der Waals surface area contributed by atoms with Gasteiger partial charge in [-0.1, -0.05) is 55.5 Å². The van der Waals surface area contributed by atoms with Crippen molar-refractivity contribution in [2.24, 2.45) is 5.92 Å². The second-order valence-electron chi connectivity index (χ2n) is 9.60. The normalized spacial score (nSPS) is 15.8. The van der Waals surface area contributed by atoms with Crippen LogP contribution in [0, 0.1) is 5.92 Å². The minimum Gasteiger partial charge on any atom is -0.465 e. The van der Waals surface area contributed by atoms with Gasteiger partial charge in [-0.3, -0.25) is 0 Å². The molecular formula is C25H32N4O5S2. The number of aromatic nitrogens is 1. The quantitative estimate of drug-likeness (QED) is 0.279. The van der Waals surface area contributed by atoms with Gasteiger partial charge in [0, 0.05) is 19.1 Å². The van der Waals surface area contributed by atoms with Gasteiger partial charge in [0.05, 0.1) is 27.3 Å². The lowest BCUT2D eigenvalue weighted by molar-refractivity contribution is 0.0980. The fraction of sp³-hybridized carbons (Fsp3) is 0.440. The molecule has 4 rings (SSSR count). The van der Waals surface area contributed by atoms with Crippen molar-refractivity contribution >= 4 is 42.8 Å². The Hall–Kier alpha value is -2.73. The highest BCUT2D eigenvalue weighted by molar-refractivity contribution is 7.89. The lowest BCUT2D eigenvalue weighted by Gasteiger charge is -2.30. The van der Waals surface area contributed by atoms with Crippen molar-refractivity contribution in [2.75, 3.05) is 18.4 Å². The van der Waals surface area contributed by atoms with Crippen LogP contribution in [0.3, 0.4) is 0 Å². The summed E-state index contributed by atoms with van der Waals surface area (Å²) < 4.78 is 29.4. The number of aliphatic hydroxyl groups is 1. The molecule has 0 aliphatic heterocycles. The van der Waals surface area contributed by atoms with Crippen LogP contribution < -0.4 is 10.6 Å². The number of amides is 1. The fourth-order valence-electron chi connectivity index (χ4n) is 4.00. The maximum absolute atomic E-state index is 13.7. The van der Waals surface area contributed by atoms with Gasteiger partial charge in [0.15, 0.2) is 5.13 Å². The van der Waals surface area contributed by atoms with E-state index in [1.807, 2.05) is 44.2 Å². The first-order chi connectivity index (χ1) is 17.1. The zero-order valence-electron chi connectivity index (χ0n) is 20.3. The molecular weight excluding hydrogens is 500 g/mol. The Balaban J connectivity index is 1.57. The Kier molecular flexibility index (Phi) is 8.13. The van der Waals surface area contributed by atoms with E-state index < -0.39 is 28.3 Å². The maximum Gasteiger partial charge on any atom is 0.404 e. The molecule has 2 aromatic carbocycles. The number of carboxylic acid groups (broad SMARTS) is 1. The number of thiazole rings is 1. The Morgan fingerprint density at radius 3 is 2.53 bits per heavy atom. The van der Waals surface area contributed by atoms with Crippen LogP contribution in [0.15, 0.2) is 53.4 Å². The zero-order chi connectivity index (χ0) is 25.9. The number of hydrogen-bond donors (Lipinski definition) is 4. The first kappa shape index (κ1) is 26.3. The standard InChI is InChI=1S/C25H32N4O5S2/c1-16(2)14-29(15-22(30)21(28-25(31)32)12-17-6-4-3-5-7-17)36(33,34)19-10-11-20-23(13-19)35-24(27-20)26-18-8-9-18/h3-7,10-11,13,16,18,21-22,28,30H,8-9,12,14-15H2,1-2H3,(H,26,27)(H,31,32)/t21-,22+/m0/s1. The molecule has 0 radical (unpaired) electrons. The van der Waals surface area contributed by atoms with E-state index in [4.69, 9.17) is 0 Å². The van der Waals surface area contributed by atoms with Crippen molar-refractivity contribution < 1.29 is 23.4 Å². The molecule has 0 unspecified atom stereocenters. The second-order valence-corrected chi connectivity index (χ2v) is 12.6. The summed E-state index contributed by atoms with van der Waals surface area (Å²) in [6, 6.07) is 13.6. The topological polar surface area (TPSA) is 132 Å². The summed E-state index contributed by atoms with van der Waals surface area (Å²) in [7, 11) is -3.96. The third-order valence-corrected chi connectivity index (χ3v) is 8.71. The fourth-order valence-corrected chi connectivity index (χ4v) is 6.71. The van der Waals surface area contributed by atoms with E-state index in [0.717, 1.165) is 33.8 Å². The van der Waals surface area contributed by atoms with Gasteiger partial charge in [0.25, 0.3) is 0 Å². The predicted octanol–water partition coefficient (Wildman–Crippen LogP) is 3.76. The minimum atomic E-state index is -3.96. The number of fused-ring (bicyclic) bond motifs is 1. The number of nitrogens with one attached hydrogen (secondary N) is 2. The molecule has 0 bridgehead atoms. The Bertz CT molecular complexity index is 1290. The number of sulfonamides is 1. The summed E-state index contributed by atoms with van der Waals surface area (Å²) >= 11 is 1.42. The van der Waals surface area contributed by atoms with E-state index in [9.17, 15) is 23.4 Å². The van der Waals surface area contributed by atoms with E-state index >= 15 is 0 Å². The van der Waals surface area contributed by atoms with Gasteiger partial charge in [-0.2, -0.15) is 4.31 Å². The van der Waals surface area contributed by atoms with Crippen molar-refractivity contribution in [3.8, 4) is 0 Å². The van der Waals surface area contributed by atoms with Crippen LogP contribution in [0.25, 0.3) is 10.2 Å². The highest BCUT2D eigenvalue weighted by Crippen LogP contribution is 2.32. The summed E-state index contributed by atoms with van der Waals surface area (Å²) in [5, 5.41) is 26.8. The molecule has 0 spiro atoms. The molecule has 3 aromatic rings. The molecule has 1 saturated carbocycles. The molecule has 1 fully saturated rings. The van der Waals surface area contributed by atoms with Gasteiger partial charge in [-0.05, 0) is 48.9 Å². The zero-order valence-corrected chi connectivity index (χ0v) is 21.9. The summed E-state index contributed by atoms with van der Waals surface area (Å²) in [4.78, 5) is 16.1. The SMILES string of the molecule is CC(C)CN(C[C@@H](O)[C@H](Cc1ccccc1)NC(=O)O)S(=O)(=O)c1ccc2nc(NC3CC3)sc2c1. The highest BCUT2D eigenvalue weighted by atomic mass is 32.2.